The molecule has 0 aromatic carbocycles. The first-order valence-corrected chi connectivity index (χ1v) is 8.19. The molecular formula is C17H28N4O2. The molecule has 128 valence electrons. The zero-order chi connectivity index (χ0) is 17.2. The highest BCUT2D eigenvalue weighted by Crippen LogP contribution is 2.21. The molecule has 0 spiro atoms. The topological polar surface area (TPSA) is 58.6 Å². The minimum absolute atomic E-state index is 0.114. The number of nitrogens with zero attached hydrogens (tertiary/aromatic N) is 4. The van der Waals surface area contributed by atoms with Gasteiger partial charge in [0.25, 0.3) is 0 Å². The lowest BCUT2D eigenvalue weighted by Crippen LogP contribution is -2.50. The first kappa shape index (κ1) is 17.5. The van der Waals surface area contributed by atoms with Gasteiger partial charge in [-0.2, -0.15) is 0 Å². The first-order valence-electron chi connectivity index (χ1n) is 8.19. The largest absolute Gasteiger partial charge is 0.444 e. The van der Waals surface area contributed by atoms with Gasteiger partial charge in [-0.1, -0.05) is 0 Å². The summed E-state index contributed by atoms with van der Waals surface area (Å²) in [5, 5.41) is 0. The van der Waals surface area contributed by atoms with Gasteiger partial charge in [0, 0.05) is 31.5 Å². The van der Waals surface area contributed by atoms with Crippen molar-refractivity contribution in [3.05, 3.63) is 17.5 Å². The van der Waals surface area contributed by atoms with Gasteiger partial charge in [-0.25, -0.2) is 14.8 Å². The van der Waals surface area contributed by atoms with E-state index in [2.05, 4.69) is 14.9 Å². The zero-order valence-electron chi connectivity index (χ0n) is 15.1. The van der Waals surface area contributed by atoms with Gasteiger partial charge in [0.05, 0.1) is 6.04 Å². The third-order valence-corrected chi connectivity index (χ3v) is 3.88. The normalized spacial score (nSPS) is 18.7. The fraction of sp³-hybridized carbons (Fsp3) is 0.706. The van der Waals surface area contributed by atoms with E-state index in [1.165, 1.54) is 0 Å². The van der Waals surface area contributed by atoms with Gasteiger partial charge in [0.2, 0.25) is 5.95 Å². The number of hydrogen-bond acceptors (Lipinski definition) is 5. The number of likely N-dealkylation sites (N-methyl/N-ethyl adjacent to an activating group) is 1. The van der Waals surface area contributed by atoms with Crippen molar-refractivity contribution in [2.75, 3.05) is 25.0 Å². The molecule has 0 bridgehead atoms. The van der Waals surface area contributed by atoms with Crippen LogP contribution in [0.3, 0.4) is 0 Å². The van der Waals surface area contributed by atoms with Crippen LogP contribution in [0.5, 0.6) is 0 Å². The molecule has 2 heterocycles. The van der Waals surface area contributed by atoms with E-state index in [-0.39, 0.29) is 12.1 Å². The summed E-state index contributed by atoms with van der Waals surface area (Å²) in [5.41, 5.74) is 1.46. The fourth-order valence-electron chi connectivity index (χ4n) is 2.78. The van der Waals surface area contributed by atoms with Crippen LogP contribution in [0, 0.1) is 13.8 Å². The molecule has 1 aromatic rings. The molecule has 1 saturated heterocycles. The highest BCUT2D eigenvalue weighted by molar-refractivity contribution is 5.68. The molecule has 0 aliphatic carbocycles. The maximum atomic E-state index is 12.3. The van der Waals surface area contributed by atoms with Crippen molar-refractivity contribution in [2.24, 2.45) is 0 Å². The Balaban J connectivity index is 2.07. The van der Waals surface area contributed by atoms with E-state index in [9.17, 15) is 4.79 Å². The summed E-state index contributed by atoms with van der Waals surface area (Å²) < 4.78 is 5.47. The van der Waals surface area contributed by atoms with E-state index in [1.54, 1.807) is 4.90 Å². The molecule has 1 amide bonds. The minimum Gasteiger partial charge on any atom is -0.444 e. The van der Waals surface area contributed by atoms with E-state index in [4.69, 9.17) is 4.74 Å². The van der Waals surface area contributed by atoms with Crippen LogP contribution in [-0.4, -0.2) is 52.7 Å². The second-order valence-electron chi connectivity index (χ2n) is 7.28. The van der Waals surface area contributed by atoms with Gasteiger partial charge >= 0.3 is 6.09 Å². The quantitative estimate of drug-likeness (QED) is 0.838. The number of ether oxygens (including phenoxy) is 1. The van der Waals surface area contributed by atoms with Crippen molar-refractivity contribution in [1.29, 1.82) is 0 Å². The van der Waals surface area contributed by atoms with Gasteiger partial charge in [-0.15, -0.1) is 0 Å². The van der Waals surface area contributed by atoms with Crippen LogP contribution >= 0.6 is 0 Å². The van der Waals surface area contributed by atoms with Crippen LogP contribution in [0.4, 0.5) is 10.7 Å². The molecule has 6 heteroatoms. The second kappa shape index (κ2) is 6.72. The Morgan fingerprint density at radius 1 is 1.30 bits per heavy atom. The van der Waals surface area contributed by atoms with E-state index in [0.29, 0.717) is 0 Å². The number of hydrogen-bond donors (Lipinski definition) is 0. The van der Waals surface area contributed by atoms with Crippen LogP contribution in [0.15, 0.2) is 6.07 Å². The Morgan fingerprint density at radius 3 is 2.48 bits per heavy atom. The number of rotatable bonds is 2. The van der Waals surface area contributed by atoms with Crippen LogP contribution in [0.1, 0.15) is 45.0 Å². The van der Waals surface area contributed by atoms with Gasteiger partial charge in [0.1, 0.15) is 5.60 Å². The van der Waals surface area contributed by atoms with Gasteiger partial charge in [-0.05, 0) is 53.5 Å². The van der Waals surface area contributed by atoms with Crippen LogP contribution in [0.25, 0.3) is 0 Å². The molecule has 23 heavy (non-hydrogen) atoms. The van der Waals surface area contributed by atoms with Crippen molar-refractivity contribution < 1.29 is 9.53 Å². The highest BCUT2D eigenvalue weighted by Gasteiger charge is 2.30. The lowest BCUT2D eigenvalue weighted by atomic mass is 10.1. The van der Waals surface area contributed by atoms with Gasteiger partial charge in [-0.3, -0.25) is 0 Å². The summed E-state index contributed by atoms with van der Waals surface area (Å²) in [7, 11) is 1.81. The average Bonchev–Trinajstić information content (AvgIpc) is 2.44. The molecule has 2 rings (SSSR count). The third-order valence-electron chi connectivity index (χ3n) is 3.88. The standard InChI is InChI=1S/C17H28N4O2/c1-12-10-13(2)19-15(18-12)21-9-7-8-14(11-21)20(6)16(22)23-17(3,4)5/h10,14H,7-9,11H2,1-6H3/t14-/m1/s1. The van der Waals surface area contributed by atoms with Gasteiger partial charge < -0.3 is 14.5 Å². The molecule has 6 nitrogen and oxygen atoms in total. The van der Waals surface area contributed by atoms with Crippen molar-refractivity contribution in [3.8, 4) is 0 Å². The van der Waals surface area contributed by atoms with Crippen molar-refractivity contribution in [3.63, 3.8) is 0 Å². The molecule has 0 saturated carbocycles. The van der Waals surface area contributed by atoms with Gasteiger partial charge in [0.15, 0.2) is 0 Å². The molecule has 1 aliphatic heterocycles. The highest BCUT2D eigenvalue weighted by atomic mass is 16.6. The Bertz CT molecular complexity index is 548. The zero-order valence-corrected chi connectivity index (χ0v) is 15.1. The maximum Gasteiger partial charge on any atom is 0.410 e. The monoisotopic (exact) mass is 320 g/mol. The molecule has 1 aliphatic rings. The van der Waals surface area contributed by atoms with E-state index >= 15 is 0 Å². The Hall–Kier alpha value is -1.85. The Morgan fingerprint density at radius 2 is 1.91 bits per heavy atom. The third kappa shape index (κ3) is 4.81. The molecule has 0 N–H and O–H groups in total. The van der Waals surface area contributed by atoms with Crippen LogP contribution in [-0.2, 0) is 4.74 Å². The predicted octanol–water partition coefficient (Wildman–Crippen LogP) is 2.93. The molecule has 1 aromatic heterocycles. The number of anilines is 1. The fourth-order valence-corrected chi connectivity index (χ4v) is 2.78. The molecule has 0 radical (unpaired) electrons. The molecule has 1 fully saturated rings. The first-order chi connectivity index (χ1) is 10.7. The average molecular weight is 320 g/mol. The van der Waals surface area contributed by atoms with Crippen molar-refractivity contribution in [2.45, 2.75) is 59.1 Å². The molecular weight excluding hydrogens is 292 g/mol. The van der Waals surface area contributed by atoms with Crippen molar-refractivity contribution in [1.82, 2.24) is 14.9 Å². The summed E-state index contributed by atoms with van der Waals surface area (Å²) in [4.78, 5) is 25.2. The number of carbonyl (C=O) groups excluding carboxylic acids is 1. The Labute approximate surface area is 138 Å². The predicted molar refractivity (Wildman–Crippen MR) is 90.7 cm³/mol. The number of piperidine rings is 1. The SMILES string of the molecule is Cc1cc(C)nc(N2CCC[C@@H](N(C)C(=O)OC(C)(C)C)C2)n1. The molecule has 0 unspecified atom stereocenters. The number of amides is 1. The number of aryl methyl sites for hydroxylation is 2. The number of carbonyl (C=O) groups is 1. The van der Waals surface area contributed by atoms with E-state index in [0.717, 1.165) is 43.3 Å². The maximum absolute atomic E-state index is 12.3. The summed E-state index contributed by atoms with van der Waals surface area (Å²) >= 11 is 0. The number of aromatic nitrogens is 2. The summed E-state index contributed by atoms with van der Waals surface area (Å²) in [6.45, 7) is 11.3. The van der Waals surface area contributed by atoms with E-state index < -0.39 is 5.60 Å². The lowest BCUT2D eigenvalue weighted by Gasteiger charge is -2.38. The summed E-state index contributed by atoms with van der Waals surface area (Å²) in [6.07, 6.45) is 1.70. The molecule has 1 atom stereocenters. The van der Waals surface area contributed by atoms with E-state index in [1.807, 2.05) is 47.7 Å². The van der Waals surface area contributed by atoms with Crippen molar-refractivity contribution >= 4 is 12.0 Å². The smallest absolute Gasteiger partial charge is 0.410 e. The Kier molecular flexibility index (Phi) is 5.12. The van der Waals surface area contributed by atoms with Crippen LogP contribution < -0.4 is 4.90 Å². The lowest BCUT2D eigenvalue weighted by molar-refractivity contribution is 0.0209. The van der Waals surface area contributed by atoms with Crippen LogP contribution in [0.2, 0.25) is 0 Å². The minimum atomic E-state index is -0.476. The summed E-state index contributed by atoms with van der Waals surface area (Å²) in [5.74, 6) is 0.754. The second-order valence-corrected chi connectivity index (χ2v) is 7.28. The summed E-state index contributed by atoms with van der Waals surface area (Å²) in [6, 6.07) is 2.08.